The maximum absolute atomic E-state index is 10.1. The molecule has 1 heterocycles. The van der Waals surface area contributed by atoms with Crippen LogP contribution in [0.5, 0.6) is 0 Å². The van der Waals surface area contributed by atoms with Crippen molar-refractivity contribution in [2.45, 2.75) is 71.3 Å². The van der Waals surface area contributed by atoms with Gasteiger partial charge < -0.3 is 15.3 Å². The smallest absolute Gasteiger partial charge is 0.0628 e. The van der Waals surface area contributed by atoms with Crippen molar-refractivity contribution in [3.8, 4) is 0 Å². The van der Waals surface area contributed by atoms with Crippen LogP contribution in [0.1, 0.15) is 65.7 Å². The Bertz CT molecular complexity index is 302. The molecule has 0 amide bonds. The van der Waals surface area contributed by atoms with E-state index >= 15 is 0 Å². The second-order valence-electron chi connectivity index (χ2n) is 7.50. The molecular weight excluding hydrogens is 260 g/mol. The average Bonchev–Trinajstić information content (AvgIpc) is 3.38. The molecule has 1 atom stereocenters. The van der Waals surface area contributed by atoms with Gasteiger partial charge in [0.15, 0.2) is 0 Å². The summed E-state index contributed by atoms with van der Waals surface area (Å²) in [5, 5.41) is 13.7. The molecule has 0 aromatic rings. The third-order valence-corrected chi connectivity index (χ3v) is 6.29. The van der Waals surface area contributed by atoms with E-state index in [-0.39, 0.29) is 5.54 Å². The molecule has 1 saturated heterocycles. The van der Waals surface area contributed by atoms with E-state index in [1.165, 1.54) is 51.6 Å². The van der Waals surface area contributed by atoms with Crippen LogP contribution in [0.2, 0.25) is 0 Å². The lowest BCUT2D eigenvalue weighted by Crippen LogP contribution is -2.59. The molecule has 2 rings (SSSR count). The first kappa shape index (κ1) is 17.2. The van der Waals surface area contributed by atoms with Gasteiger partial charge >= 0.3 is 0 Å². The zero-order chi connectivity index (χ0) is 15.3. The quantitative estimate of drug-likeness (QED) is 0.686. The van der Waals surface area contributed by atoms with E-state index in [4.69, 9.17) is 0 Å². The van der Waals surface area contributed by atoms with E-state index in [1.807, 2.05) is 0 Å². The van der Waals surface area contributed by atoms with Crippen molar-refractivity contribution in [1.29, 1.82) is 0 Å². The van der Waals surface area contributed by atoms with Crippen molar-refractivity contribution < 1.29 is 5.11 Å². The second-order valence-corrected chi connectivity index (χ2v) is 7.50. The Morgan fingerprint density at radius 3 is 2.19 bits per heavy atom. The number of nitrogens with one attached hydrogen (secondary N) is 1. The summed E-state index contributed by atoms with van der Waals surface area (Å²) < 4.78 is 0. The molecule has 0 radical (unpaired) electrons. The monoisotopic (exact) mass is 296 g/mol. The molecule has 0 aromatic carbocycles. The van der Waals surface area contributed by atoms with Crippen LogP contribution in [0.4, 0.5) is 0 Å². The summed E-state index contributed by atoms with van der Waals surface area (Å²) in [6.45, 7) is 11.7. The predicted molar refractivity (Wildman–Crippen MR) is 89.5 cm³/mol. The maximum Gasteiger partial charge on any atom is 0.0628 e. The third kappa shape index (κ3) is 4.00. The Balaban J connectivity index is 1.92. The summed E-state index contributed by atoms with van der Waals surface area (Å²) in [5.41, 5.74) is 0.559. The lowest BCUT2D eigenvalue weighted by Gasteiger charge is -2.45. The number of nitrogens with zero attached hydrogens (tertiary/aromatic N) is 1. The first-order valence-electron chi connectivity index (χ1n) is 9.22. The van der Waals surface area contributed by atoms with E-state index in [1.54, 1.807) is 0 Å². The molecule has 1 unspecified atom stereocenters. The normalized spacial score (nSPS) is 25.7. The Hall–Kier alpha value is -0.120. The van der Waals surface area contributed by atoms with E-state index < -0.39 is 0 Å². The fourth-order valence-electron chi connectivity index (χ4n) is 4.12. The highest BCUT2D eigenvalue weighted by atomic mass is 16.3. The summed E-state index contributed by atoms with van der Waals surface area (Å²) >= 11 is 0. The second kappa shape index (κ2) is 7.43. The van der Waals surface area contributed by atoms with Crippen LogP contribution in [0.15, 0.2) is 0 Å². The van der Waals surface area contributed by atoms with E-state index in [9.17, 15) is 5.11 Å². The summed E-state index contributed by atoms with van der Waals surface area (Å²) in [6.07, 6.45) is 9.03. The molecule has 3 heteroatoms. The molecule has 21 heavy (non-hydrogen) atoms. The van der Waals surface area contributed by atoms with Gasteiger partial charge in [-0.2, -0.15) is 0 Å². The molecule has 3 nitrogen and oxygen atoms in total. The minimum atomic E-state index is -0.0333. The minimum absolute atomic E-state index is 0.0333. The molecule has 0 aromatic heterocycles. The Morgan fingerprint density at radius 2 is 1.76 bits per heavy atom. The summed E-state index contributed by atoms with van der Waals surface area (Å²) in [7, 11) is 0. The summed E-state index contributed by atoms with van der Waals surface area (Å²) in [6, 6.07) is 0. The van der Waals surface area contributed by atoms with Crippen molar-refractivity contribution in [2.75, 3.05) is 32.8 Å². The largest absolute Gasteiger partial charge is 0.394 e. The van der Waals surface area contributed by atoms with Crippen LogP contribution in [0.25, 0.3) is 0 Å². The van der Waals surface area contributed by atoms with Gasteiger partial charge in [-0.1, -0.05) is 33.6 Å². The zero-order valence-electron chi connectivity index (χ0n) is 14.5. The Kier molecular flexibility index (Phi) is 6.10. The summed E-state index contributed by atoms with van der Waals surface area (Å²) in [4.78, 5) is 2.61. The number of rotatable bonds is 9. The first-order valence-corrected chi connectivity index (χ1v) is 9.22. The fraction of sp³-hybridized carbons (Fsp3) is 1.00. The standard InChI is InChI=1S/C18H36N2O/c1-4-11-19-18(15-21,16-7-8-16)14-20-12-9-17(5-2,6-3)10-13-20/h16,19,21H,4-15H2,1-3H3. The third-order valence-electron chi connectivity index (χ3n) is 6.29. The zero-order valence-corrected chi connectivity index (χ0v) is 14.5. The fourth-order valence-corrected chi connectivity index (χ4v) is 4.12. The lowest BCUT2D eigenvalue weighted by molar-refractivity contribution is 0.0442. The van der Waals surface area contributed by atoms with Gasteiger partial charge in [-0.25, -0.2) is 0 Å². The van der Waals surface area contributed by atoms with Gasteiger partial charge in [0.05, 0.1) is 12.1 Å². The molecule has 2 aliphatic rings. The maximum atomic E-state index is 10.1. The van der Waals surface area contributed by atoms with Crippen molar-refractivity contribution in [2.24, 2.45) is 11.3 Å². The van der Waals surface area contributed by atoms with Crippen molar-refractivity contribution in [3.05, 3.63) is 0 Å². The van der Waals surface area contributed by atoms with Gasteiger partial charge in [0.2, 0.25) is 0 Å². The molecular formula is C18H36N2O. The first-order chi connectivity index (χ1) is 10.1. The molecule has 2 N–H and O–H groups in total. The summed E-state index contributed by atoms with van der Waals surface area (Å²) in [5.74, 6) is 0.693. The molecule has 1 aliphatic carbocycles. The van der Waals surface area contributed by atoms with Crippen LogP contribution in [0, 0.1) is 11.3 Å². The number of hydrogen-bond donors (Lipinski definition) is 2. The minimum Gasteiger partial charge on any atom is -0.394 e. The number of piperidine rings is 1. The highest BCUT2D eigenvalue weighted by molar-refractivity contribution is 5.03. The SMILES string of the molecule is CCCNC(CO)(CN1CCC(CC)(CC)CC1)C1CC1. The Labute approximate surface area is 131 Å². The van der Waals surface area contributed by atoms with Crippen LogP contribution < -0.4 is 5.32 Å². The predicted octanol–water partition coefficient (Wildman–Crippen LogP) is 3.03. The molecule has 2 fully saturated rings. The van der Waals surface area contributed by atoms with Crippen LogP contribution in [-0.4, -0.2) is 48.3 Å². The number of likely N-dealkylation sites (tertiary alicyclic amines) is 1. The van der Waals surface area contributed by atoms with Gasteiger partial charge in [0.25, 0.3) is 0 Å². The lowest BCUT2D eigenvalue weighted by atomic mass is 9.74. The van der Waals surface area contributed by atoms with Gasteiger partial charge in [-0.15, -0.1) is 0 Å². The Morgan fingerprint density at radius 1 is 1.14 bits per heavy atom. The van der Waals surface area contributed by atoms with Gasteiger partial charge in [-0.05, 0) is 63.1 Å². The van der Waals surface area contributed by atoms with Gasteiger partial charge in [-0.3, -0.25) is 0 Å². The highest BCUT2D eigenvalue weighted by Gasteiger charge is 2.46. The number of aliphatic hydroxyl groups excluding tert-OH is 1. The van der Waals surface area contributed by atoms with Crippen LogP contribution in [-0.2, 0) is 0 Å². The number of hydrogen-bond acceptors (Lipinski definition) is 3. The molecule has 124 valence electrons. The van der Waals surface area contributed by atoms with Gasteiger partial charge in [0, 0.05) is 6.54 Å². The molecule has 0 bridgehead atoms. The van der Waals surface area contributed by atoms with E-state index in [0.717, 1.165) is 19.5 Å². The van der Waals surface area contributed by atoms with E-state index in [2.05, 4.69) is 31.0 Å². The molecule has 1 aliphatic heterocycles. The van der Waals surface area contributed by atoms with Crippen molar-refractivity contribution >= 4 is 0 Å². The average molecular weight is 296 g/mol. The highest BCUT2D eigenvalue weighted by Crippen LogP contribution is 2.42. The van der Waals surface area contributed by atoms with Crippen LogP contribution in [0.3, 0.4) is 0 Å². The number of aliphatic hydroxyl groups is 1. The van der Waals surface area contributed by atoms with Crippen LogP contribution >= 0.6 is 0 Å². The molecule has 1 saturated carbocycles. The molecule has 0 spiro atoms. The van der Waals surface area contributed by atoms with Gasteiger partial charge in [0.1, 0.15) is 0 Å². The van der Waals surface area contributed by atoms with Crippen molar-refractivity contribution in [1.82, 2.24) is 10.2 Å². The topological polar surface area (TPSA) is 35.5 Å². The van der Waals surface area contributed by atoms with Crippen molar-refractivity contribution in [3.63, 3.8) is 0 Å². The van der Waals surface area contributed by atoms with E-state index in [0.29, 0.717) is 17.9 Å².